The van der Waals surface area contributed by atoms with Crippen LogP contribution in [0.25, 0.3) is 16.7 Å². The maximum absolute atomic E-state index is 14.3. The van der Waals surface area contributed by atoms with Crippen molar-refractivity contribution >= 4 is 22.8 Å². The SMILES string of the molecule is C=CC(=O)N1C[C@H](C)N(c2nc(OC[C@@H]3CCCN3C)nc3c(=O)n(-c4cccc5c4CCC5)c(C)nc23)[C@@H](C)C1. The molecule has 2 aromatic heterocycles. The van der Waals surface area contributed by atoms with Crippen LogP contribution in [0, 0.1) is 6.92 Å². The zero-order chi connectivity index (χ0) is 28.8. The van der Waals surface area contributed by atoms with Crippen molar-refractivity contribution in [1.82, 2.24) is 29.3 Å². The largest absolute Gasteiger partial charge is 0.462 e. The summed E-state index contributed by atoms with van der Waals surface area (Å²) in [6.07, 6.45) is 6.58. The van der Waals surface area contributed by atoms with Crippen molar-refractivity contribution in [2.45, 2.75) is 71.0 Å². The van der Waals surface area contributed by atoms with Crippen LogP contribution in [0.4, 0.5) is 5.82 Å². The van der Waals surface area contributed by atoms with Crippen LogP contribution in [0.3, 0.4) is 0 Å². The molecule has 4 heterocycles. The number of hydrogen-bond acceptors (Lipinski definition) is 8. The van der Waals surface area contributed by atoms with Crippen molar-refractivity contribution in [3.63, 3.8) is 0 Å². The van der Waals surface area contributed by atoms with Gasteiger partial charge in [-0.25, -0.2) is 4.98 Å². The third-order valence-electron chi connectivity index (χ3n) is 8.94. The maximum Gasteiger partial charge on any atom is 0.319 e. The molecule has 1 aromatic carbocycles. The van der Waals surface area contributed by atoms with E-state index in [2.05, 4.69) is 43.3 Å². The van der Waals surface area contributed by atoms with Crippen LogP contribution in [0.15, 0.2) is 35.6 Å². The average molecular weight is 558 g/mol. The fourth-order valence-electron chi connectivity index (χ4n) is 6.89. The van der Waals surface area contributed by atoms with Gasteiger partial charge in [-0.15, -0.1) is 0 Å². The van der Waals surface area contributed by atoms with Crippen LogP contribution in [-0.2, 0) is 17.6 Å². The van der Waals surface area contributed by atoms with Crippen molar-refractivity contribution in [2.24, 2.45) is 0 Å². The first-order valence-electron chi connectivity index (χ1n) is 14.7. The Bertz CT molecular complexity index is 1560. The van der Waals surface area contributed by atoms with Crippen LogP contribution >= 0.6 is 0 Å². The number of hydrogen-bond donors (Lipinski definition) is 0. The molecule has 0 spiro atoms. The second kappa shape index (κ2) is 10.9. The molecule has 2 fully saturated rings. The Morgan fingerprint density at radius 1 is 1.10 bits per heavy atom. The van der Waals surface area contributed by atoms with Gasteiger partial charge >= 0.3 is 6.01 Å². The number of fused-ring (bicyclic) bond motifs is 2. The van der Waals surface area contributed by atoms with E-state index in [4.69, 9.17) is 19.7 Å². The highest BCUT2D eigenvalue weighted by molar-refractivity contribution is 5.88. The molecule has 10 nitrogen and oxygen atoms in total. The number of aromatic nitrogens is 4. The first-order chi connectivity index (χ1) is 19.8. The molecular formula is C31H39N7O3. The van der Waals surface area contributed by atoms with E-state index in [-0.39, 0.29) is 41.1 Å². The number of nitrogens with zero attached hydrogens (tertiary/aromatic N) is 7. The summed E-state index contributed by atoms with van der Waals surface area (Å²) in [4.78, 5) is 47.5. The van der Waals surface area contributed by atoms with E-state index in [0.717, 1.165) is 44.3 Å². The highest BCUT2D eigenvalue weighted by Gasteiger charge is 2.35. The number of anilines is 1. The molecule has 1 amide bonds. The van der Waals surface area contributed by atoms with Gasteiger partial charge in [-0.3, -0.25) is 14.2 Å². The molecule has 0 radical (unpaired) electrons. The van der Waals surface area contributed by atoms with E-state index in [1.807, 2.05) is 19.1 Å². The smallest absolute Gasteiger partial charge is 0.319 e. The normalized spacial score (nSPS) is 22.8. The van der Waals surface area contributed by atoms with Gasteiger partial charge in [0.1, 0.15) is 17.9 Å². The van der Waals surface area contributed by atoms with Gasteiger partial charge in [-0.1, -0.05) is 18.7 Å². The Hall–Kier alpha value is -3.79. The van der Waals surface area contributed by atoms with Crippen molar-refractivity contribution in [2.75, 3.05) is 38.2 Å². The molecule has 41 heavy (non-hydrogen) atoms. The standard InChI is InChI=1S/C31H39N7O3/c1-6-26(39)36-16-19(2)37(20(3)17-36)29-27-28(33-31(34-29)41-18-23-12-9-15-35(23)5)30(40)38(21(4)32-27)25-14-8-11-22-10-7-13-24(22)25/h6,8,11,14,19-20,23H,1,7,9-10,12-13,15-18H2,2-5H3/t19-,20-,23-/m0/s1. The molecule has 0 saturated carbocycles. The zero-order valence-corrected chi connectivity index (χ0v) is 24.5. The Kier molecular flexibility index (Phi) is 7.27. The quantitative estimate of drug-likeness (QED) is 0.427. The van der Waals surface area contributed by atoms with Gasteiger partial charge in [0.25, 0.3) is 5.56 Å². The summed E-state index contributed by atoms with van der Waals surface area (Å²) in [7, 11) is 2.10. The second-order valence-electron chi connectivity index (χ2n) is 11.7. The Labute approximate surface area is 240 Å². The van der Waals surface area contributed by atoms with Crippen LogP contribution < -0.4 is 15.2 Å². The average Bonchev–Trinajstić information content (AvgIpc) is 3.60. The lowest BCUT2D eigenvalue weighted by molar-refractivity contribution is -0.127. The number of benzene rings is 1. The molecule has 0 unspecified atom stereocenters. The van der Waals surface area contributed by atoms with Crippen molar-refractivity contribution in [3.8, 4) is 11.7 Å². The lowest BCUT2D eigenvalue weighted by atomic mass is 10.1. The van der Waals surface area contributed by atoms with Crippen molar-refractivity contribution in [1.29, 1.82) is 0 Å². The van der Waals surface area contributed by atoms with Crippen LogP contribution in [0.1, 0.15) is 50.1 Å². The van der Waals surface area contributed by atoms with E-state index < -0.39 is 0 Å². The topological polar surface area (TPSA) is 96.7 Å². The van der Waals surface area contributed by atoms with Crippen LogP contribution in [0.5, 0.6) is 6.01 Å². The molecule has 2 aliphatic heterocycles. The second-order valence-corrected chi connectivity index (χ2v) is 11.7. The van der Waals surface area contributed by atoms with Gasteiger partial charge in [-0.05, 0) is 89.7 Å². The molecule has 2 saturated heterocycles. The van der Waals surface area contributed by atoms with Crippen molar-refractivity contribution < 1.29 is 9.53 Å². The van der Waals surface area contributed by atoms with E-state index in [9.17, 15) is 9.59 Å². The fraction of sp³-hybridized carbons (Fsp3) is 0.516. The molecule has 0 bridgehead atoms. The minimum atomic E-state index is -0.222. The lowest BCUT2D eigenvalue weighted by Crippen LogP contribution is -2.58. The minimum absolute atomic E-state index is 0.0727. The Morgan fingerprint density at radius 3 is 2.59 bits per heavy atom. The molecule has 3 aliphatic rings. The third-order valence-corrected chi connectivity index (χ3v) is 8.94. The predicted octanol–water partition coefficient (Wildman–Crippen LogP) is 3.06. The monoisotopic (exact) mass is 557 g/mol. The highest BCUT2D eigenvalue weighted by Crippen LogP contribution is 2.32. The summed E-state index contributed by atoms with van der Waals surface area (Å²) in [6, 6.07) is 6.48. The summed E-state index contributed by atoms with van der Waals surface area (Å²) in [5, 5.41) is 0. The fourth-order valence-corrected chi connectivity index (χ4v) is 6.89. The van der Waals surface area contributed by atoms with Crippen LogP contribution in [-0.4, -0.2) is 86.6 Å². The first kappa shape index (κ1) is 27.4. The molecule has 10 heteroatoms. The number of carbonyl (C=O) groups is 1. The molecule has 1 aliphatic carbocycles. The summed E-state index contributed by atoms with van der Waals surface area (Å²) >= 11 is 0. The Morgan fingerprint density at radius 2 is 1.88 bits per heavy atom. The van der Waals surface area contributed by atoms with E-state index in [1.165, 1.54) is 17.2 Å². The van der Waals surface area contributed by atoms with Gasteiger partial charge < -0.3 is 19.4 Å². The summed E-state index contributed by atoms with van der Waals surface area (Å²) in [5.74, 6) is 1.07. The summed E-state index contributed by atoms with van der Waals surface area (Å²) < 4.78 is 7.91. The maximum atomic E-state index is 14.3. The number of likely N-dealkylation sites (tertiary alicyclic amines) is 1. The number of likely N-dealkylation sites (N-methyl/N-ethyl adjacent to an activating group) is 1. The van der Waals surface area contributed by atoms with E-state index >= 15 is 0 Å². The number of piperazine rings is 1. The van der Waals surface area contributed by atoms with Crippen LogP contribution in [0.2, 0.25) is 0 Å². The number of carbonyl (C=O) groups excluding carboxylic acids is 1. The predicted molar refractivity (Wildman–Crippen MR) is 159 cm³/mol. The van der Waals surface area contributed by atoms with Crippen molar-refractivity contribution in [3.05, 3.63) is 58.2 Å². The Balaban J connectivity index is 1.48. The van der Waals surface area contributed by atoms with Gasteiger partial charge in [0, 0.05) is 31.2 Å². The third kappa shape index (κ3) is 4.88. The van der Waals surface area contributed by atoms with Gasteiger partial charge in [0.15, 0.2) is 11.3 Å². The number of aryl methyl sites for hydroxylation is 2. The highest BCUT2D eigenvalue weighted by atomic mass is 16.5. The summed E-state index contributed by atoms with van der Waals surface area (Å²) in [5.41, 5.74) is 3.86. The number of ether oxygens (including phenoxy) is 1. The molecule has 0 N–H and O–H groups in total. The van der Waals surface area contributed by atoms with Gasteiger partial charge in [0.05, 0.1) is 5.69 Å². The minimum Gasteiger partial charge on any atom is -0.462 e. The summed E-state index contributed by atoms with van der Waals surface area (Å²) in [6.45, 7) is 12.1. The zero-order valence-electron chi connectivity index (χ0n) is 24.5. The number of rotatable bonds is 6. The molecule has 3 aromatic rings. The van der Waals surface area contributed by atoms with Gasteiger partial charge in [0.2, 0.25) is 5.91 Å². The first-order valence-corrected chi connectivity index (χ1v) is 14.7. The van der Waals surface area contributed by atoms with Gasteiger partial charge in [-0.2, -0.15) is 9.97 Å². The van der Waals surface area contributed by atoms with E-state index in [1.54, 1.807) is 9.47 Å². The molecule has 216 valence electrons. The molecule has 3 atom stereocenters. The molecular weight excluding hydrogens is 518 g/mol. The lowest BCUT2D eigenvalue weighted by Gasteiger charge is -2.45. The number of amides is 1. The molecule has 6 rings (SSSR count). The van der Waals surface area contributed by atoms with E-state index in [0.29, 0.717) is 36.9 Å².